The molecule has 0 radical (unpaired) electrons. The van der Waals surface area contributed by atoms with Gasteiger partial charge in [-0.2, -0.15) is 13.2 Å². The van der Waals surface area contributed by atoms with E-state index in [9.17, 15) is 17.6 Å². The third-order valence-corrected chi connectivity index (χ3v) is 3.73. The molecule has 0 amide bonds. The summed E-state index contributed by atoms with van der Waals surface area (Å²) in [7, 11) is 0. The zero-order valence-corrected chi connectivity index (χ0v) is 11.7. The molecule has 1 unspecified atom stereocenters. The Hall–Kier alpha value is -1.40. The fraction of sp³-hybridized carbons (Fsp3) is 0.143. The van der Waals surface area contributed by atoms with Crippen LogP contribution in [0.15, 0.2) is 46.9 Å². The Morgan fingerprint density at radius 1 is 1.05 bits per heavy atom. The number of benzene rings is 2. The van der Waals surface area contributed by atoms with E-state index in [-0.39, 0.29) is 10.0 Å². The first kappa shape index (κ1) is 15.0. The molecule has 2 N–H and O–H groups in total. The van der Waals surface area contributed by atoms with E-state index < -0.39 is 23.6 Å². The van der Waals surface area contributed by atoms with E-state index in [1.54, 1.807) is 6.07 Å². The van der Waals surface area contributed by atoms with Crippen LogP contribution in [0.5, 0.6) is 0 Å². The molecule has 2 aromatic rings. The number of rotatable bonds is 2. The van der Waals surface area contributed by atoms with Gasteiger partial charge in [-0.1, -0.05) is 24.3 Å². The second-order valence-corrected chi connectivity index (χ2v) is 5.04. The van der Waals surface area contributed by atoms with Gasteiger partial charge in [0.05, 0.1) is 16.1 Å². The van der Waals surface area contributed by atoms with Crippen molar-refractivity contribution in [3.63, 3.8) is 0 Å². The minimum Gasteiger partial charge on any atom is -0.320 e. The minimum atomic E-state index is -4.44. The molecule has 1 nitrogen and oxygen atoms in total. The van der Waals surface area contributed by atoms with E-state index >= 15 is 0 Å². The quantitative estimate of drug-likeness (QED) is 0.786. The molecule has 0 aromatic heterocycles. The van der Waals surface area contributed by atoms with Gasteiger partial charge >= 0.3 is 6.18 Å². The van der Waals surface area contributed by atoms with E-state index in [0.29, 0.717) is 5.56 Å². The summed E-state index contributed by atoms with van der Waals surface area (Å²) in [6.07, 6.45) is -4.44. The van der Waals surface area contributed by atoms with Crippen LogP contribution < -0.4 is 5.73 Å². The van der Waals surface area contributed by atoms with E-state index in [0.717, 1.165) is 12.1 Å². The Balaban J connectivity index is 2.44. The lowest BCUT2D eigenvalue weighted by Gasteiger charge is -2.16. The van der Waals surface area contributed by atoms with Gasteiger partial charge in [-0.15, -0.1) is 0 Å². The fourth-order valence-corrected chi connectivity index (χ4v) is 2.36. The molecular weight excluding hydrogens is 338 g/mol. The van der Waals surface area contributed by atoms with Crippen LogP contribution in [0.1, 0.15) is 22.7 Å². The molecule has 1 atom stereocenters. The molecule has 0 aliphatic carbocycles. The van der Waals surface area contributed by atoms with E-state index in [1.165, 1.54) is 24.3 Å². The van der Waals surface area contributed by atoms with Crippen LogP contribution in [0.25, 0.3) is 0 Å². The Morgan fingerprint density at radius 3 is 2.35 bits per heavy atom. The lowest BCUT2D eigenvalue weighted by Crippen LogP contribution is -2.14. The molecule has 2 rings (SSSR count). The van der Waals surface area contributed by atoms with Crippen molar-refractivity contribution in [3.8, 4) is 0 Å². The monoisotopic (exact) mass is 347 g/mol. The largest absolute Gasteiger partial charge is 0.416 e. The summed E-state index contributed by atoms with van der Waals surface area (Å²) in [5.74, 6) is -0.509. The van der Waals surface area contributed by atoms with Crippen LogP contribution in [0, 0.1) is 5.82 Å². The predicted molar refractivity (Wildman–Crippen MR) is 71.6 cm³/mol. The molecule has 0 spiro atoms. The molecule has 20 heavy (non-hydrogen) atoms. The number of nitrogens with two attached hydrogens (primary N) is 1. The SMILES string of the molecule is NC(c1cccc(C(F)(F)F)c1)c1cccc(F)c1Br. The van der Waals surface area contributed by atoms with E-state index in [1.807, 2.05) is 0 Å². The zero-order chi connectivity index (χ0) is 14.9. The molecule has 2 aromatic carbocycles. The summed E-state index contributed by atoms with van der Waals surface area (Å²) in [4.78, 5) is 0. The van der Waals surface area contributed by atoms with Gasteiger partial charge in [0, 0.05) is 0 Å². The Kier molecular flexibility index (Phi) is 4.15. The fourth-order valence-electron chi connectivity index (χ4n) is 1.85. The highest BCUT2D eigenvalue weighted by molar-refractivity contribution is 9.10. The number of hydrogen-bond acceptors (Lipinski definition) is 1. The first-order valence-electron chi connectivity index (χ1n) is 5.67. The number of hydrogen-bond donors (Lipinski definition) is 1. The summed E-state index contributed by atoms with van der Waals surface area (Å²) in [5.41, 5.74) is 5.82. The highest BCUT2D eigenvalue weighted by Gasteiger charge is 2.31. The van der Waals surface area contributed by atoms with Crippen LogP contribution in [0.4, 0.5) is 17.6 Å². The van der Waals surface area contributed by atoms with E-state index in [4.69, 9.17) is 5.73 Å². The van der Waals surface area contributed by atoms with Crippen molar-refractivity contribution in [3.05, 3.63) is 69.4 Å². The lowest BCUT2D eigenvalue weighted by molar-refractivity contribution is -0.137. The van der Waals surface area contributed by atoms with Crippen LogP contribution in [-0.4, -0.2) is 0 Å². The molecule has 0 saturated carbocycles. The predicted octanol–water partition coefficient (Wildman–Crippen LogP) is 4.66. The Bertz CT molecular complexity index is 625. The standard InChI is InChI=1S/C14H10BrF4N/c15-12-10(5-2-6-11(12)16)13(20)8-3-1-4-9(7-8)14(17,18)19/h1-7,13H,20H2. The third kappa shape index (κ3) is 3.02. The van der Waals surface area contributed by atoms with Crippen molar-refractivity contribution >= 4 is 15.9 Å². The van der Waals surface area contributed by atoms with Gasteiger partial charge in [-0.3, -0.25) is 0 Å². The Labute approximate surface area is 121 Å². The smallest absolute Gasteiger partial charge is 0.320 e. The molecule has 0 fully saturated rings. The van der Waals surface area contributed by atoms with Gasteiger partial charge in [0.25, 0.3) is 0 Å². The topological polar surface area (TPSA) is 26.0 Å². The normalized spacial score (nSPS) is 13.3. The average Bonchev–Trinajstić information content (AvgIpc) is 2.40. The maximum Gasteiger partial charge on any atom is 0.416 e. The van der Waals surface area contributed by atoms with Crippen LogP contribution in [-0.2, 0) is 6.18 Å². The van der Waals surface area contributed by atoms with Crippen LogP contribution >= 0.6 is 15.9 Å². The summed E-state index contributed by atoms with van der Waals surface area (Å²) in [6, 6.07) is 8.14. The maximum absolute atomic E-state index is 13.4. The zero-order valence-electron chi connectivity index (χ0n) is 10.1. The van der Waals surface area contributed by atoms with Crippen molar-refractivity contribution in [1.29, 1.82) is 0 Å². The van der Waals surface area contributed by atoms with Gasteiger partial charge in [0.15, 0.2) is 0 Å². The molecule has 0 aliphatic heterocycles. The molecule has 0 aliphatic rings. The second kappa shape index (κ2) is 5.54. The molecular formula is C14H10BrF4N. The molecule has 106 valence electrons. The van der Waals surface area contributed by atoms with Gasteiger partial charge < -0.3 is 5.73 Å². The number of alkyl halides is 3. The van der Waals surface area contributed by atoms with Gasteiger partial charge in [0.2, 0.25) is 0 Å². The first-order chi connectivity index (χ1) is 9.30. The average molecular weight is 348 g/mol. The summed E-state index contributed by atoms with van der Waals surface area (Å²) >= 11 is 3.06. The second-order valence-electron chi connectivity index (χ2n) is 4.24. The van der Waals surface area contributed by atoms with Crippen molar-refractivity contribution in [2.75, 3.05) is 0 Å². The third-order valence-electron chi connectivity index (χ3n) is 2.89. The van der Waals surface area contributed by atoms with Crippen LogP contribution in [0.2, 0.25) is 0 Å². The molecule has 0 saturated heterocycles. The molecule has 6 heteroatoms. The highest BCUT2D eigenvalue weighted by atomic mass is 79.9. The molecule has 0 heterocycles. The first-order valence-corrected chi connectivity index (χ1v) is 6.46. The summed E-state index contributed by atoms with van der Waals surface area (Å²) < 4.78 is 51.6. The molecule has 0 bridgehead atoms. The maximum atomic E-state index is 13.4. The van der Waals surface area contributed by atoms with Gasteiger partial charge in [-0.25, -0.2) is 4.39 Å². The summed E-state index contributed by atoms with van der Waals surface area (Å²) in [5, 5.41) is 0. The van der Waals surface area contributed by atoms with Crippen LogP contribution in [0.3, 0.4) is 0 Å². The van der Waals surface area contributed by atoms with Crippen molar-refractivity contribution in [1.82, 2.24) is 0 Å². The highest BCUT2D eigenvalue weighted by Crippen LogP contribution is 2.33. The minimum absolute atomic E-state index is 0.157. The van der Waals surface area contributed by atoms with Gasteiger partial charge in [0.1, 0.15) is 5.82 Å². The lowest BCUT2D eigenvalue weighted by atomic mass is 9.98. The number of halogens is 5. The van der Waals surface area contributed by atoms with Crippen molar-refractivity contribution in [2.24, 2.45) is 5.73 Å². The summed E-state index contributed by atoms with van der Waals surface area (Å²) in [6.45, 7) is 0. The van der Waals surface area contributed by atoms with Crippen molar-refractivity contribution < 1.29 is 17.6 Å². The van der Waals surface area contributed by atoms with Gasteiger partial charge in [-0.05, 0) is 45.3 Å². The Morgan fingerprint density at radius 2 is 1.70 bits per heavy atom. The van der Waals surface area contributed by atoms with E-state index in [2.05, 4.69) is 15.9 Å². The van der Waals surface area contributed by atoms with Crippen molar-refractivity contribution in [2.45, 2.75) is 12.2 Å².